The molecule has 2 N–H and O–H groups in total. The molecule has 2 rings (SSSR count). The second kappa shape index (κ2) is 4.00. The Labute approximate surface area is 94.9 Å². The molecule has 5 heteroatoms. The van der Waals surface area contributed by atoms with Gasteiger partial charge in [0.15, 0.2) is 0 Å². The Morgan fingerprint density at radius 3 is 2.62 bits per heavy atom. The van der Waals surface area contributed by atoms with Crippen LogP contribution in [-0.2, 0) is 20.5 Å². The third kappa shape index (κ3) is 1.68. The maximum absolute atomic E-state index is 6.00. The molecule has 86 valence electrons. The molecule has 2 heterocycles. The zero-order chi connectivity index (χ0) is 11.7. The molecule has 0 aliphatic rings. The molecule has 0 aliphatic carbocycles. The number of nitrogens with zero attached hydrogens (tertiary/aromatic N) is 4. The minimum atomic E-state index is 0.738. The number of hydrogen-bond acceptors (Lipinski definition) is 3. The van der Waals surface area contributed by atoms with E-state index < -0.39 is 0 Å². The summed E-state index contributed by atoms with van der Waals surface area (Å²) in [5.41, 5.74) is 8.89. The van der Waals surface area contributed by atoms with Gasteiger partial charge in [-0.1, -0.05) is 13.3 Å². The number of nitrogens with two attached hydrogens (primary N) is 1. The normalized spacial score (nSPS) is 10.9. The maximum Gasteiger partial charge on any atom is 0.125 e. The molecule has 16 heavy (non-hydrogen) atoms. The van der Waals surface area contributed by atoms with Crippen molar-refractivity contribution in [3.05, 3.63) is 17.8 Å². The number of rotatable bonds is 3. The van der Waals surface area contributed by atoms with E-state index in [1.807, 2.05) is 26.4 Å². The lowest BCUT2D eigenvalue weighted by molar-refractivity contribution is 0.760. The highest BCUT2D eigenvalue weighted by atomic mass is 15.3. The standard InChI is InChI=1S/C11H17N5/c1-4-5-8-10(14-16(3)11(8)12)9-6-7-15(2)13-9/h6-7H,4-5,12H2,1-3H3. The van der Waals surface area contributed by atoms with Gasteiger partial charge in [0.2, 0.25) is 0 Å². The highest BCUT2D eigenvalue weighted by Crippen LogP contribution is 2.26. The molecular formula is C11H17N5. The number of hydrogen-bond donors (Lipinski definition) is 1. The molecule has 2 aromatic rings. The SMILES string of the molecule is CCCc1c(-c2ccn(C)n2)nn(C)c1N. The van der Waals surface area contributed by atoms with Crippen molar-refractivity contribution in [2.75, 3.05) is 5.73 Å². The van der Waals surface area contributed by atoms with Crippen LogP contribution in [0.1, 0.15) is 18.9 Å². The topological polar surface area (TPSA) is 61.7 Å². The van der Waals surface area contributed by atoms with Gasteiger partial charge in [0.05, 0.1) is 0 Å². The van der Waals surface area contributed by atoms with Gasteiger partial charge in [-0.25, -0.2) is 0 Å². The van der Waals surface area contributed by atoms with E-state index in [-0.39, 0.29) is 0 Å². The quantitative estimate of drug-likeness (QED) is 0.847. The predicted octanol–water partition coefficient (Wildman–Crippen LogP) is 1.36. The molecule has 0 bridgehead atoms. The van der Waals surface area contributed by atoms with Crippen molar-refractivity contribution in [2.45, 2.75) is 19.8 Å². The van der Waals surface area contributed by atoms with Crippen molar-refractivity contribution in [2.24, 2.45) is 14.1 Å². The minimum absolute atomic E-state index is 0.738. The van der Waals surface area contributed by atoms with E-state index in [0.717, 1.165) is 35.6 Å². The summed E-state index contributed by atoms with van der Waals surface area (Å²) in [4.78, 5) is 0. The second-order valence-electron chi connectivity index (χ2n) is 3.96. The van der Waals surface area contributed by atoms with Crippen LogP contribution in [0.5, 0.6) is 0 Å². The summed E-state index contributed by atoms with van der Waals surface area (Å²) in [5.74, 6) is 0.738. The second-order valence-corrected chi connectivity index (χ2v) is 3.96. The summed E-state index contributed by atoms with van der Waals surface area (Å²) in [6.45, 7) is 2.13. The lowest BCUT2D eigenvalue weighted by Crippen LogP contribution is -1.99. The van der Waals surface area contributed by atoms with Crippen molar-refractivity contribution in [3.8, 4) is 11.4 Å². The summed E-state index contributed by atoms with van der Waals surface area (Å²) in [7, 11) is 3.76. The highest BCUT2D eigenvalue weighted by Gasteiger charge is 2.16. The third-order valence-corrected chi connectivity index (χ3v) is 2.65. The first-order valence-electron chi connectivity index (χ1n) is 5.44. The number of aromatic nitrogens is 4. The van der Waals surface area contributed by atoms with Crippen LogP contribution < -0.4 is 5.73 Å². The Balaban J connectivity index is 2.51. The Morgan fingerprint density at radius 1 is 1.31 bits per heavy atom. The first-order valence-corrected chi connectivity index (χ1v) is 5.44. The van der Waals surface area contributed by atoms with Crippen molar-refractivity contribution in [3.63, 3.8) is 0 Å². The molecular weight excluding hydrogens is 202 g/mol. The molecule has 2 aromatic heterocycles. The zero-order valence-electron chi connectivity index (χ0n) is 9.94. The van der Waals surface area contributed by atoms with Crippen molar-refractivity contribution >= 4 is 5.82 Å². The zero-order valence-corrected chi connectivity index (χ0v) is 9.94. The molecule has 0 aliphatic heterocycles. The van der Waals surface area contributed by atoms with Gasteiger partial charge in [-0.3, -0.25) is 9.36 Å². The largest absolute Gasteiger partial charge is 0.384 e. The minimum Gasteiger partial charge on any atom is -0.384 e. The van der Waals surface area contributed by atoms with Gasteiger partial charge in [-0.05, 0) is 12.5 Å². The van der Waals surface area contributed by atoms with Gasteiger partial charge in [-0.15, -0.1) is 0 Å². The van der Waals surface area contributed by atoms with E-state index in [9.17, 15) is 0 Å². The lowest BCUT2D eigenvalue weighted by atomic mass is 10.1. The predicted molar refractivity (Wildman–Crippen MR) is 63.8 cm³/mol. The van der Waals surface area contributed by atoms with Crippen LogP contribution in [0, 0.1) is 0 Å². The molecule has 0 radical (unpaired) electrons. The molecule has 5 nitrogen and oxygen atoms in total. The van der Waals surface area contributed by atoms with E-state index in [1.54, 1.807) is 9.36 Å². The fraction of sp³-hybridized carbons (Fsp3) is 0.455. The van der Waals surface area contributed by atoms with Crippen molar-refractivity contribution in [1.29, 1.82) is 0 Å². The Hall–Kier alpha value is -1.78. The van der Waals surface area contributed by atoms with E-state index >= 15 is 0 Å². The summed E-state index contributed by atoms with van der Waals surface area (Å²) in [6.07, 6.45) is 3.90. The van der Waals surface area contributed by atoms with Gasteiger partial charge >= 0.3 is 0 Å². The monoisotopic (exact) mass is 219 g/mol. The van der Waals surface area contributed by atoms with E-state index in [4.69, 9.17) is 5.73 Å². The van der Waals surface area contributed by atoms with Crippen LogP contribution in [0.15, 0.2) is 12.3 Å². The van der Waals surface area contributed by atoms with E-state index in [1.165, 1.54) is 0 Å². The van der Waals surface area contributed by atoms with Crippen LogP contribution >= 0.6 is 0 Å². The summed E-state index contributed by atoms with van der Waals surface area (Å²) in [5, 5.41) is 8.79. The maximum atomic E-state index is 6.00. The van der Waals surface area contributed by atoms with Crippen molar-refractivity contribution < 1.29 is 0 Å². The van der Waals surface area contributed by atoms with Crippen LogP contribution in [0.2, 0.25) is 0 Å². The molecule has 0 atom stereocenters. The van der Waals surface area contributed by atoms with Gasteiger partial charge in [0, 0.05) is 25.9 Å². The van der Waals surface area contributed by atoms with Crippen LogP contribution in [0.4, 0.5) is 5.82 Å². The summed E-state index contributed by atoms with van der Waals surface area (Å²) < 4.78 is 3.49. The van der Waals surface area contributed by atoms with E-state index in [0.29, 0.717) is 0 Å². The Morgan fingerprint density at radius 2 is 2.06 bits per heavy atom. The molecule has 0 saturated carbocycles. The van der Waals surface area contributed by atoms with Crippen LogP contribution in [0.3, 0.4) is 0 Å². The third-order valence-electron chi connectivity index (χ3n) is 2.65. The summed E-state index contributed by atoms with van der Waals surface area (Å²) >= 11 is 0. The number of aryl methyl sites for hydroxylation is 2. The van der Waals surface area contributed by atoms with E-state index in [2.05, 4.69) is 17.1 Å². The first kappa shape index (κ1) is 10.7. The fourth-order valence-electron chi connectivity index (χ4n) is 1.82. The molecule has 0 amide bonds. The summed E-state index contributed by atoms with van der Waals surface area (Å²) in [6, 6.07) is 1.96. The first-order chi connectivity index (χ1) is 7.63. The average Bonchev–Trinajstić information content (AvgIpc) is 2.78. The lowest BCUT2D eigenvalue weighted by Gasteiger charge is -1.99. The number of nitrogen functional groups attached to an aromatic ring is 1. The van der Waals surface area contributed by atoms with Crippen LogP contribution in [-0.4, -0.2) is 19.6 Å². The molecule has 0 unspecified atom stereocenters. The van der Waals surface area contributed by atoms with Gasteiger partial charge in [-0.2, -0.15) is 10.2 Å². The molecule has 0 spiro atoms. The van der Waals surface area contributed by atoms with Crippen LogP contribution in [0.25, 0.3) is 11.4 Å². The van der Waals surface area contributed by atoms with Gasteiger partial charge < -0.3 is 5.73 Å². The molecule has 0 saturated heterocycles. The van der Waals surface area contributed by atoms with Gasteiger partial charge in [0.1, 0.15) is 17.2 Å². The molecule has 0 fully saturated rings. The van der Waals surface area contributed by atoms with Gasteiger partial charge in [0.25, 0.3) is 0 Å². The molecule has 0 aromatic carbocycles. The fourth-order valence-corrected chi connectivity index (χ4v) is 1.82. The smallest absolute Gasteiger partial charge is 0.125 e. The number of anilines is 1. The Bertz CT molecular complexity index is 494. The Kier molecular flexibility index (Phi) is 2.68. The van der Waals surface area contributed by atoms with Crippen molar-refractivity contribution in [1.82, 2.24) is 19.6 Å². The highest BCUT2D eigenvalue weighted by molar-refractivity contribution is 5.65. The average molecular weight is 219 g/mol.